The molecule has 5 heteroatoms. The Hall–Kier alpha value is -1.59. The largest absolute Gasteiger partial charge is 0.397 e. The number of hydrogen-bond acceptors (Lipinski definition) is 4. The molecular formula is C16H21N3OS. The highest BCUT2D eigenvalue weighted by Crippen LogP contribution is 2.33. The van der Waals surface area contributed by atoms with Crippen LogP contribution in [0.2, 0.25) is 0 Å². The molecule has 112 valence electrons. The number of thiophene rings is 1. The number of carbonyl (C=O) groups excluding carboxylic acids is 1. The molecule has 0 aliphatic carbocycles. The van der Waals surface area contributed by atoms with Gasteiger partial charge in [0.15, 0.2) is 0 Å². The fraction of sp³-hybridized carbons (Fsp3) is 0.438. The number of nitrogens with two attached hydrogens (primary N) is 1. The van der Waals surface area contributed by atoms with Gasteiger partial charge in [-0.3, -0.25) is 4.79 Å². The van der Waals surface area contributed by atoms with Crippen LogP contribution in [0, 0.1) is 0 Å². The number of likely N-dealkylation sites (tertiary alicyclic amines) is 1. The van der Waals surface area contributed by atoms with Crippen LogP contribution in [-0.2, 0) is 0 Å². The summed E-state index contributed by atoms with van der Waals surface area (Å²) in [5.74, 6) is -0.0309. The molecule has 1 aromatic heterocycles. The number of nitrogens with zero attached hydrogens (tertiary/aromatic N) is 1. The Labute approximate surface area is 128 Å². The fourth-order valence-corrected chi connectivity index (χ4v) is 3.97. The van der Waals surface area contributed by atoms with E-state index in [1.54, 1.807) is 0 Å². The van der Waals surface area contributed by atoms with Gasteiger partial charge in [0, 0.05) is 22.7 Å². The molecule has 1 aliphatic heterocycles. The van der Waals surface area contributed by atoms with Gasteiger partial charge in [0.1, 0.15) is 4.88 Å². The molecular weight excluding hydrogens is 282 g/mol. The smallest absolute Gasteiger partial charge is 0.263 e. The third-order valence-electron chi connectivity index (χ3n) is 4.13. The second-order valence-electron chi connectivity index (χ2n) is 5.55. The lowest BCUT2D eigenvalue weighted by Crippen LogP contribution is -2.47. The lowest BCUT2D eigenvalue weighted by atomic mass is 10.1. The quantitative estimate of drug-likeness (QED) is 0.916. The number of fused-ring (bicyclic) bond motifs is 1. The summed E-state index contributed by atoms with van der Waals surface area (Å²) in [5.41, 5.74) is 6.75. The molecule has 3 N–H and O–H groups in total. The number of hydrogen-bond donors (Lipinski definition) is 2. The van der Waals surface area contributed by atoms with Crippen LogP contribution >= 0.6 is 11.3 Å². The van der Waals surface area contributed by atoms with Crippen LogP contribution in [-0.4, -0.2) is 36.5 Å². The van der Waals surface area contributed by atoms with Crippen LogP contribution in [0.5, 0.6) is 0 Å². The van der Waals surface area contributed by atoms with Crippen molar-refractivity contribution in [3.8, 4) is 0 Å². The van der Waals surface area contributed by atoms with Gasteiger partial charge in [0.05, 0.1) is 5.69 Å². The van der Waals surface area contributed by atoms with E-state index >= 15 is 0 Å². The van der Waals surface area contributed by atoms with Crippen molar-refractivity contribution >= 4 is 33.0 Å². The van der Waals surface area contributed by atoms with Crippen molar-refractivity contribution in [2.24, 2.45) is 0 Å². The number of piperidine rings is 1. The highest BCUT2D eigenvalue weighted by atomic mass is 32.1. The minimum atomic E-state index is -0.0309. The van der Waals surface area contributed by atoms with Crippen LogP contribution in [0.3, 0.4) is 0 Å². The highest BCUT2D eigenvalue weighted by Gasteiger charge is 2.23. The minimum Gasteiger partial charge on any atom is -0.397 e. The number of carbonyl (C=O) groups is 1. The van der Waals surface area contributed by atoms with E-state index in [0.717, 1.165) is 42.6 Å². The van der Waals surface area contributed by atoms with Gasteiger partial charge in [-0.2, -0.15) is 0 Å². The molecule has 21 heavy (non-hydrogen) atoms. The Morgan fingerprint density at radius 1 is 1.48 bits per heavy atom. The second kappa shape index (κ2) is 6.03. The zero-order chi connectivity index (χ0) is 14.8. The molecule has 1 atom stereocenters. The van der Waals surface area contributed by atoms with Crippen molar-refractivity contribution in [2.45, 2.75) is 25.8 Å². The number of likely N-dealkylation sites (N-methyl/N-ethyl adjacent to an activating group) is 1. The molecule has 0 spiro atoms. The van der Waals surface area contributed by atoms with Gasteiger partial charge in [-0.05, 0) is 32.0 Å². The van der Waals surface area contributed by atoms with E-state index < -0.39 is 0 Å². The van der Waals surface area contributed by atoms with Crippen LogP contribution in [0.15, 0.2) is 24.3 Å². The van der Waals surface area contributed by atoms with Crippen molar-refractivity contribution in [3.05, 3.63) is 29.1 Å². The number of amides is 1. The molecule has 2 heterocycles. The normalized spacial score (nSPS) is 19.8. The Morgan fingerprint density at radius 2 is 2.29 bits per heavy atom. The van der Waals surface area contributed by atoms with Crippen LogP contribution < -0.4 is 11.1 Å². The van der Waals surface area contributed by atoms with Gasteiger partial charge >= 0.3 is 0 Å². The van der Waals surface area contributed by atoms with Gasteiger partial charge in [0.25, 0.3) is 5.91 Å². The third-order valence-corrected chi connectivity index (χ3v) is 5.31. The summed E-state index contributed by atoms with van der Waals surface area (Å²) in [6.07, 6.45) is 2.19. The summed E-state index contributed by atoms with van der Waals surface area (Å²) in [5, 5.41) is 4.13. The highest BCUT2D eigenvalue weighted by molar-refractivity contribution is 7.21. The van der Waals surface area contributed by atoms with E-state index in [1.165, 1.54) is 11.3 Å². The monoisotopic (exact) mass is 303 g/mol. The topological polar surface area (TPSA) is 58.4 Å². The van der Waals surface area contributed by atoms with Crippen molar-refractivity contribution in [1.82, 2.24) is 10.2 Å². The summed E-state index contributed by atoms with van der Waals surface area (Å²) in [6, 6.07) is 8.13. The van der Waals surface area contributed by atoms with E-state index in [-0.39, 0.29) is 11.9 Å². The minimum absolute atomic E-state index is 0.0309. The summed E-state index contributed by atoms with van der Waals surface area (Å²) in [6.45, 7) is 5.27. The van der Waals surface area contributed by atoms with Crippen LogP contribution in [0.25, 0.3) is 10.1 Å². The summed E-state index contributed by atoms with van der Waals surface area (Å²) >= 11 is 1.48. The number of benzene rings is 1. The molecule has 0 radical (unpaired) electrons. The van der Waals surface area contributed by atoms with Crippen molar-refractivity contribution in [2.75, 3.05) is 25.4 Å². The standard InChI is InChI=1S/C16H21N3OS/c1-2-19-9-5-6-11(10-19)18-16(20)15-14(17)12-7-3-4-8-13(12)21-15/h3-4,7-8,11H,2,5-6,9-10,17H2,1H3,(H,18,20). The molecule has 1 aromatic carbocycles. The van der Waals surface area contributed by atoms with Crippen LogP contribution in [0.1, 0.15) is 29.4 Å². The maximum absolute atomic E-state index is 12.5. The average molecular weight is 303 g/mol. The second-order valence-corrected chi connectivity index (χ2v) is 6.60. The van der Waals surface area contributed by atoms with Crippen molar-refractivity contribution < 1.29 is 4.79 Å². The molecule has 0 bridgehead atoms. The van der Waals surface area contributed by atoms with E-state index in [2.05, 4.69) is 17.1 Å². The summed E-state index contributed by atoms with van der Waals surface area (Å²) < 4.78 is 1.07. The molecule has 4 nitrogen and oxygen atoms in total. The SMILES string of the molecule is CCN1CCCC(NC(=O)c2sc3ccccc3c2N)C1. The zero-order valence-electron chi connectivity index (χ0n) is 12.3. The van der Waals surface area contributed by atoms with E-state index in [9.17, 15) is 4.79 Å². The van der Waals surface area contributed by atoms with Crippen LogP contribution in [0.4, 0.5) is 5.69 Å². The lowest BCUT2D eigenvalue weighted by molar-refractivity contribution is 0.0911. The first-order valence-corrected chi connectivity index (χ1v) is 8.31. The third kappa shape index (κ3) is 2.89. The maximum atomic E-state index is 12.5. The maximum Gasteiger partial charge on any atom is 0.263 e. The molecule has 1 saturated heterocycles. The first-order chi connectivity index (χ1) is 10.2. The average Bonchev–Trinajstić information content (AvgIpc) is 2.85. The van der Waals surface area contributed by atoms with Gasteiger partial charge in [-0.15, -0.1) is 11.3 Å². The van der Waals surface area contributed by atoms with E-state index in [1.807, 2.05) is 24.3 Å². The number of anilines is 1. The molecule has 3 rings (SSSR count). The number of nitrogens with one attached hydrogen (secondary N) is 1. The Balaban J connectivity index is 1.76. The molecule has 2 aromatic rings. The van der Waals surface area contributed by atoms with Gasteiger partial charge in [-0.25, -0.2) is 0 Å². The van der Waals surface area contributed by atoms with E-state index in [4.69, 9.17) is 5.73 Å². The predicted octanol–water partition coefficient (Wildman–Crippen LogP) is 2.70. The van der Waals surface area contributed by atoms with E-state index in [0.29, 0.717) is 10.6 Å². The van der Waals surface area contributed by atoms with Gasteiger partial charge < -0.3 is 16.0 Å². The summed E-state index contributed by atoms with van der Waals surface area (Å²) in [4.78, 5) is 15.5. The summed E-state index contributed by atoms with van der Waals surface area (Å²) in [7, 11) is 0. The fourth-order valence-electron chi connectivity index (χ4n) is 2.95. The number of nitrogen functional groups attached to an aromatic ring is 1. The Bertz CT molecular complexity index is 652. The van der Waals surface area contributed by atoms with Gasteiger partial charge in [-0.1, -0.05) is 25.1 Å². The number of rotatable bonds is 3. The molecule has 1 unspecified atom stereocenters. The molecule has 1 fully saturated rings. The first-order valence-electron chi connectivity index (χ1n) is 7.49. The van der Waals surface area contributed by atoms with Crippen molar-refractivity contribution in [3.63, 3.8) is 0 Å². The zero-order valence-corrected chi connectivity index (χ0v) is 13.1. The Morgan fingerprint density at radius 3 is 3.05 bits per heavy atom. The molecule has 0 saturated carbocycles. The molecule has 1 aliphatic rings. The Kier molecular flexibility index (Phi) is 4.12. The van der Waals surface area contributed by atoms with Gasteiger partial charge in [0.2, 0.25) is 0 Å². The first kappa shape index (κ1) is 14.4. The predicted molar refractivity (Wildman–Crippen MR) is 88.8 cm³/mol. The lowest BCUT2D eigenvalue weighted by Gasteiger charge is -2.32. The van der Waals surface area contributed by atoms with Crippen molar-refractivity contribution in [1.29, 1.82) is 0 Å². The molecule has 1 amide bonds.